The van der Waals surface area contributed by atoms with Gasteiger partial charge >= 0.3 is 6.18 Å². The van der Waals surface area contributed by atoms with Crippen LogP contribution >= 0.6 is 0 Å². The number of benzene rings is 1. The Bertz CT molecular complexity index is 1120. The van der Waals surface area contributed by atoms with Gasteiger partial charge in [0.05, 0.1) is 29.3 Å². The number of halogens is 3. The maximum absolute atomic E-state index is 13.7. The Kier molecular flexibility index (Phi) is 4.55. The largest absolute Gasteiger partial charge is 0.434 e. The number of rotatable bonds is 4. The van der Waals surface area contributed by atoms with Crippen molar-refractivity contribution in [3.05, 3.63) is 78.8 Å². The summed E-state index contributed by atoms with van der Waals surface area (Å²) in [6.07, 6.45) is 0.189. The average Bonchev–Trinajstić information content (AvgIpc) is 3.39. The number of amides is 1. The summed E-state index contributed by atoms with van der Waals surface area (Å²) in [5.74, 6) is -0.511. The number of aromatic nitrogens is 6. The molecule has 0 aliphatic carbocycles. The molecule has 0 saturated carbocycles. The van der Waals surface area contributed by atoms with Gasteiger partial charge in [0.2, 0.25) is 0 Å². The second-order valence-electron chi connectivity index (χ2n) is 5.85. The topological polar surface area (TPSA) is 90.5 Å². The van der Waals surface area contributed by atoms with Gasteiger partial charge in [0.1, 0.15) is 12.7 Å². The van der Waals surface area contributed by atoms with E-state index in [0.717, 1.165) is 6.20 Å². The molecule has 1 N–H and O–H groups in total. The Balaban J connectivity index is 1.63. The van der Waals surface area contributed by atoms with Gasteiger partial charge in [-0.05, 0) is 24.3 Å². The molecule has 0 aliphatic rings. The highest BCUT2D eigenvalue weighted by Crippen LogP contribution is 2.34. The molecule has 3 heterocycles. The molecule has 1 aromatic carbocycles. The molecule has 29 heavy (non-hydrogen) atoms. The smallest absolute Gasteiger partial charge is 0.320 e. The van der Waals surface area contributed by atoms with Crippen molar-refractivity contribution >= 4 is 11.6 Å². The number of para-hydroxylation sites is 1. The molecule has 0 radical (unpaired) electrons. The Labute approximate surface area is 161 Å². The summed E-state index contributed by atoms with van der Waals surface area (Å²) in [6, 6.07) is 10.8. The van der Waals surface area contributed by atoms with Crippen LogP contribution in [-0.4, -0.2) is 35.4 Å². The van der Waals surface area contributed by atoms with Gasteiger partial charge in [0.15, 0.2) is 11.5 Å². The standard InChI is InChI=1S/C18H12F3N7O/c19-18(20,21)16-14(9-24-28(16)13-4-2-1-3-5-13)17(29)26-12-6-7-15(23-8-12)27-11-22-10-25-27/h1-11H,(H,26,29). The molecule has 8 nitrogen and oxygen atoms in total. The number of carbonyl (C=O) groups excluding carboxylic acids is 1. The van der Waals surface area contributed by atoms with E-state index in [1.54, 1.807) is 24.3 Å². The van der Waals surface area contributed by atoms with Crippen LogP contribution < -0.4 is 5.32 Å². The Hall–Kier alpha value is -4.02. The van der Waals surface area contributed by atoms with Crippen LogP contribution in [0.15, 0.2) is 67.5 Å². The summed E-state index contributed by atoms with van der Waals surface area (Å²) in [5.41, 5.74) is -1.34. The molecule has 1 amide bonds. The lowest BCUT2D eigenvalue weighted by molar-refractivity contribution is -0.143. The zero-order valence-corrected chi connectivity index (χ0v) is 14.6. The number of nitrogens with zero attached hydrogens (tertiary/aromatic N) is 6. The van der Waals surface area contributed by atoms with Crippen molar-refractivity contribution in [1.29, 1.82) is 0 Å². The van der Waals surface area contributed by atoms with E-state index in [2.05, 4.69) is 25.5 Å². The van der Waals surface area contributed by atoms with Crippen molar-refractivity contribution in [2.75, 3.05) is 5.32 Å². The third-order valence-electron chi connectivity index (χ3n) is 3.94. The highest BCUT2D eigenvalue weighted by Gasteiger charge is 2.40. The summed E-state index contributed by atoms with van der Waals surface area (Å²) in [7, 11) is 0. The van der Waals surface area contributed by atoms with Crippen LogP contribution in [0.2, 0.25) is 0 Å². The number of hydrogen-bond donors (Lipinski definition) is 1. The predicted octanol–water partition coefficient (Wildman–Crippen LogP) is 3.12. The number of nitrogens with one attached hydrogen (secondary N) is 1. The molecular weight excluding hydrogens is 387 g/mol. The highest BCUT2D eigenvalue weighted by atomic mass is 19.4. The second-order valence-corrected chi connectivity index (χ2v) is 5.85. The minimum Gasteiger partial charge on any atom is -0.320 e. The summed E-state index contributed by atoms with van der Waals surface area (Å²) < 4.78 is 43.1. The van der Waals surface area contributed by atoms with Crippen molar-refractivity contribution in [3.8, 4) is 11.5 Å². The van der Waals surface area contributed by atoms with Gasteiger partial charge in [-0.25, -0.2) is 19.3 Å². The van der Waals surface area contributed by atoms with E-state index in [9.17, 15) is 18.0 Å². The quantitative estimate of drug-likeness (QED) is 0.570. The maximum atomic E-state index is 13.7. The fourth-order valence-electron chi connectivity index (χ4n) is 2.67. The normalized spacial score (nSPS) is 11.4. The first-order valence-electron chi connectivity index (χ1n) is 8.26. The average molecular weight is 399 g/mol. The Morgan fingerprint density at radius 3 is 2.41 bits per heavy atom. The molecule has 0 aliphatic heterocycles. The molecule has 11 heteroatoms. The zero-order chi connectivity index (χ0) is 20.4. The van der Waals surface area contributed by atoms with Crippen LogP contribution in [0.3, 0.4) is 0 Å². The van der Waals surface area contributed by atoms with Gasteiger partial charge in [0, 0.05) is 0 Å². The fourth-order valence-corrected chi connectivity index (χ4v) is 2.67. The van der Waals surface area contributed by atoms with Crippen molar-refractivity contribution in [2.24, 2.45) is 0 Å². The van der Waals surface area contributed by atoms with E-state index in [1.807, 2.05) is 0 Å². The number of anilines is 1. The van der Waals surface area contributed by atoms with Crippen molar-refractivity contribution in [3.63, 3.8) is 0 Å². The molecule has 3 aromatic heterocycles. The number of carbonyl (C=O) groups is 1. The van der Waals surface area contributed by atoms with Gasteiger partial charge in [-0.3, -0.25) is 4.79 Å². The summed E-state index contributed by atoms with van der Waals surface area (Å²) in [5, 5.41) is 10.1. The molecule has 0 unspecified atom stereocenters. The lowest BCUT2D eigenvalue weighted by Crippen LogP contribution is -2.20. The van der Waals surface area contributed by atoms with Crippen LogP contribution in [0.1, 0.15) is 16.1 Å². The predicted molar refractivity (Wildman–Crippen MR) is 95.7 cm³/mol. The molecular formula is C18H12F3N7O. The first-order valence-corrected chi connectivity index (χ1v) is 8.26. The number of pyridine rings is 1. The molecule has 0 fully saturated rings. The van der Waals surface area contributed by atoms with E-state index in [0.29, 0.717) is 10.5 Å². The lowest BCUT2D eigenvalue weighted by atomic mass is 10.2. The molecule has 0 atom stereocenters. The van der Waals surface area contributed by atoms with Crippen LogP contribution in [0, 0.1) is 0 Å². The van der Waals surface area contributed by atoms with E-state index in [4.69, 9.17) is 0 Å². The fraction of sp³-hybridized carbons (Fsp3) is 0.0556. The molecule has 0 spiro atoms. The van der Waals surface area contributed by atoms with Crippen molar-refractivity contribution < 1.29 is 18.0 Å². The Morgan fingerprint density at radius 1 is 1.00 bits per heavy atom. The first kappa shape index (κ1) is 18.3. The van der Waals surface area contributed by atoms with Crippen LogP contribution in [-0.2, 0) is 6.18 Å². The third kappa shape index (κ3) is 3.70. The van der Waals surface area contributed by atoms with Crippen LogP contribution in [0.4, 0.5) is 18.9 Å². The Morgan fingerprint density at radius 2 is 1.79 bits per heavy atom. The van der Waals surface area contributed by atoms with E-state index in [-0.39, 0.29) is 11.4 Å². The van der Waals surface area contributed by atoms with Crippen LogP contribution in [0.5, 0.6) is 0 Å². The van der Waals surface area contributed by atoms with Gasteiger partial charge < -0.3 is 5.32 Å². The maximum Gasteiger partial charge on any atom is 0.434 e. The molecule has 0 saturated heterocycles. The van der Waals surface area contributed by atoms with Crippen LogP contribution in [0.25, 0.3) is 11.5 Å². The summed E-state index contributed by atoms with van der Waals surface area (Å²) in [6.45, 7) is 0. The van der Waals surface area contributed by atoms with Gasteiger partial charge in [-0.2, -0.15) is 23.4 Å². The first-order chi connectivity index (χ1) is 13.9. The monoisotopic (exact) mass is 399 g/mol. The molecule has 146 valence electrons. The van der Waals surface area contributed by atoms with Gasteiger partial charge in [-0.1, -0.05) is 18.2 Å². The van der Waals surface area contributed by atoms with Gasteiger partial charge in [-0.15, -0.1) is 0 Å². The third-order valence-corrected chi connectivity index (χ3v) is 3.94. The van der Waals surface area contributed by atoms with Crippen molar-refractivity contribution in [2.45, 2.75) is 6.18 Å². The summed E-state index contributed by atoms with van der Waals surface area (Å²) >= 11 is 0. The van der Waals surface area contributed by atoms with Gasteiger partial charge in [0.25, 0.3) is 5.91 Å². The number of hydrogen-bond acceptors (Lipinski definition) is 5. The molecule has 4 aromatic rings. The summed E-state index contributed by atoms with van der Waals surface area (Å²) in [4.78, 5) is 20.4. The lowest BCUT2D eigenvalue weighted by Gasteiger charge is -2.13. The SMILES string of the molecule is O=C(Nc1ccc(-n2cncn2)nc1)c1cnn(-c2ccccc2)c1C(F)(F)F. The second kappa shape index (κ2) is 7.19. The van der Waals surface area contributed by atoms with Crippen molar-refractivity contribution in [1.82, 2.24) is 29.5 Å². The number of alkyl halides is 3. The minimum atomic E-state index is -4.78. The minimum absolute atomic E-state index is 0.192. The molecule has 4 rings (SSSR count). The molecule has 0 bridgehead atoms. The van der Waals surface area contributed by atoms with E-state index >= 15 is 0 Å². The highest BCUT2D eigenvalue weighted by molar-refractivity contribution is 6.05. The zero-order valence-electron chi connectivity index (χ0n) is 14.6. The van der Waals surface area contributed by atoms with E-state index in [1.165, 1.54) is 41.7 Å². The van der Waals surface area contributed by atoms with E-state index < -0.39 is 23.3 Å².